The van der Waals surface area contributed by atoms with Crippen LogP contribution in [0.4, 0.5) is 11.4 Å². The zero-order valence-electron chi connectivity index (χ0n) is 15.2. The molecule has 1 aromatic heterocycles. The minimum Gasteiger partial charge on any atom is -0.369 e. The Morgan fingerprint density at radius 1 is 1.36 bits per heavy atom. The highest BCUT2D eigenvalue weighted by Crippen LogP contribution is 2.34. The summed E-state index contributed by atoms with van der Waals surface area (Å²) in [5, 5.41) is 13.4. The zero-order chi connectivity index (χ0) is 20.5. The SMILES string of the molecule is CN1C(=O)CC(C)(c2cccc(NC(=O)c3ccc([N+](=O)[O-])cn3)c2)N=C1N. The minimum atomic E-state index is -0.847. The smallest absolute Gasteiger partial charge is 0.287 e. The molecule has 10 heteroatoms. The Labute approximate surface area is 160 Å². The number of aromatic nitrogens is 1. The number of nitrogens with one attached hydrogen (secondary N) is 1. The predicted octanol–water partition coefficient (Wildman–Crippen LogP) is 1.63. The lowest BCUT2D eigenvalue weighted by Gasteiger charge is -2.33. The maximum atomic E-state index is 12.4. The van der Waals surface area contributed by atoms with Gasteiger partial charge in [0, 0.05) is 18.8 Å². The first-order chi connectivity index (χ1) is 13.2. The van der Waals surface area contributed by atoms with Crippen LogP contribution in [0, 0.1) is 10.1 Å². The van der Waals surface area contributed by atoms with Gasteiger partial charge in [-0.15, -0.1) is 0 Å². The summed E-state index contributed by atoms with van der Waals surface area (Å²) >= 11 is 0. The predicted molar refractivity (Wildman–Crippen MR) is 102 cm³/mol. The molecule has 2 heterocycles. The minimum absolute atomic E-state index is 0.0407. The summed E-state index contributed by atoms with van der Waals surface area (Å²) in [4.78, 5) is 44.1. The van der Waals surface area contributed by atoms with Crippen LogP contribution in [0.2, 0.25) is 0 Å². The number of nitrogens with zero attached hydrogens (tertiary/aromatic N) is 4. The lowest BCUT2D eigenvalue weighted by molar-refractivity contribution is -0.385. The first kappa shape index (κ1) is 19.0. The van der Waals surface area contributed by atoms with Gasteiger partial charge in [-0.2, -0.15) is 0 Å². The van der Waals surface area contributed by atoms with E-state index in [-0.39, 0.29) is 29.7 Å². The van der Waals surface area contributed by atoms with Crippen molar-refractivity contribution in [2.75, 3.05) is 12.4 Å². The standard InChI is InChI=1S/C18H18N6O4/c1-18(9-15(25)23(2)17(19)22-18)11-4-3-5-12(8-11)21-16(26)14-7-6-13(10-20-14)24(27)28/h3-8,10H,9H2,1-2H3,(H2,19,22)(H,21,26). The van der Waals surface area contributed by atoms with Gasteiger partial charge in [-0.1, -0.05) is 12.1 Å². The molecule has 2 amide bonds. The fraction of sp³-hybridized carbons (Fsp3) is 0.222. The number of rotatable bonds is 4. The van der Waals surface area contributed by atoms with E-state index in [1.807, 2.05) is 0 Å². The van der Waals surface area contributed by atoms with Gasteiger partial charge in [-0.05, 0) is 30.7 Å². The Morgan fingerprint density at radius 3 is 2.71 bits per heavy atom. The normalized spacial score (nSPS) is 19.1. The molecule has 1 atom stereocenters. The van der Waals surface area contributed by atoms with Gasteiger partial charge in [-0.3, -0.25) is 24.6 Å². The first-order valence-corrected chi connectivity index (χ1v) is 8.34. The number of aliphatic imine (C=N–C) groups is 1. The second-order valence-corrected chi connectivity index (χ2v) is 6.57. The Kier molecular flexibility index (Phi) is 4.78. The van der Waals surface area contributed by atoms with Gasteiger partial charge in [-0.25, -0.2) is 9.98 Å². The topological polar surface area (TPSA) is 144 Å². The highest BCUT2D eigenvalue weighted by molar-refractivity contribution is 6.03. The Morgan fingerprint density at radius 2 is 2.11 bits per heavy atom. The van der Waals surface area contributed by atoms with Gasteiger partial charge in [0.05, 0.1) is 16.9 Å². The molecule has 0 saturated heterocycles. The molecule has 0 radical (unpaired) electrons. The summed E-state index contributed by atoms with van der Waals surface area (Å²) in [5.74, 6) is -0.539. The largest absolute Gasteiger partial charge is 0.369 e. The van der Waals surface area contributed by atoms with Gasteiger partial charge < -0.3 is 11.1 Å². The molecule has 3 N–H and O–H groups in total. The second-order valence-electron chi connectivity index (χ2n) is 6.57. The molecule has 144 valence electrons. The van der Waals surface area contributed by atoms with Gasteiger partial charge in [0.2, 0.25) is 5.91 Å². The lowest BCUT2D eigenvalue weighted by Crippen LogP contribution is -2.47. The molecule has 0 spiro atoms. The molecule has 10 nitrogen and oxygen atoms in total. The van der Waals surface area contributed by atoms with Crippen molar-refractivity contribution in [3.05, 3.63) is 64.0 Å². The van der Waals surface area contributed by atoms with Crippen LogP contribution in [0.5, 0.6) is 0 Å². The number of benzene rings is 1. The van der Waals surface area contributed by atoms with Crippen LogP contribution in [-0.2, 0) is 10.3 Å². The van der Waals surface area contributed by atoms with Crippen molar-refractivity contribution in [1.82, 2.24) is 9.88 Å². The molecule has 3 rings (SSSR count). The van der Waals surface area contributed by atoms with Crippen molar-refractivity contribution in [3.8, 4) is 0 Å². The number of hydrogen-bond donors (Lipinski definition) is 2. The molecule has 0 fully saturated rings. The van der Waals surface area contributed by atoms with Crippen molar-refractivity contribution in [3.63, 3.8) is 0 Å². The van der Waals surface area contributed by atoms with Gasteiger partial charge in [0.15, 0.2) is 5.96 Å². The third kappa shape index (κ3) is 3.65. The number of pyridine rings is 1. The maximum Gasteiger partial charge on any atom is 0.287 e. The van der Waals surface area contributed by atoms with E-state index in [0.29, 0.717) is 11.3 Å². The Hall–Kier alpha value is -3.82. The lowest BCUT2D eigenvalue weighted by atomic mass is 9.87. The first-order valence-electron chi connectivity index (χ1n) is 8.34. The fourth-order valence-electron chi connectivity index (χ4n) is 2.83. The summed E-state index contributed by atoms with van der Waals surface area (Å²) in [5.41, 5.74) is 6.02. The van der Waals surface area contributed by atoms with Crippen molar-refractivity contribution < 1.29 is 14.5 Å². The van der Waals surface area contributed by atoms with E-state index in [0.717, 1.165) is 6.20 Å². The van der Waals surface area contributed by atoms with Crippen molar-refractivity contribution in [2.24, 2.45) is 10.7 Å². The van der Waals surface area contributed by atoms with Crippen LogP contribution in [0.25, 0.3) is 0 Å². The van der Waals surface area contributed by atoms with Crippen LogP contribution >= 0.6 is 0 Å². The van der Waals surface area contributed by atoms with Gasteiger partial charge in [0.1, 0.15) is 11.9 Å². The fourth-order valence-corrected chi connectivity index (χ4v) is 2.83. The Bertz CT molecular complexity index is 988. The molecule has 0 saturated carbocycles. The zero-order valence-corrected chi connectivity index (χ0v) is 15.2. The van der Waals surface area contributed by atoms with E-state index in [1.54, 1.807) is 38.2 Å². The molecule has 2 aromatic rings. The number of amides is 2. The maximum absolute atomic E-state index is 12.4. The summed E-state index contributed by atoms with van der Waals surface area (Å²) in [6, 6.07) is 9.40. The molecule has 1 unspecified atom stereocenters. The van der Waals surface area contributed by atoms with E-state index < -0.39 is 16.4 Å². The number of anilines is 1. The summed E-state index contributed by atoms with van der Waals surface area (Å²) in [7, 11) is 1.56. The van der Waals surface area contributed by atoms with E-state index >= 15 is 0 Å². The number of nitrogens with two attached hydrogens (primary N) is 1. The molecule has 1 aliphatic rings. The number of guanidine groups is 1. The molecule has 1 aliphatic heterocycles. The third-order valence-corrected chi connectivity index (χ3v) is 4.51. The highest BCUT2D eigenvalue weighted by atomic mass is 16.6. The number of carbonyl (C=O) groups is 2. The highest BCUT2D eigenvalue weighted by Gasteiger charge is 2.36. The second kappa shape index (κ2) is 7.06. The molecule has 28 heavy (non-hydrogen) atoms. The number of carbonyl (C=O) groups excluding carboxylic acids is 2. The molecular formula is C18H18N6O4. The van der Waals surface area contributed by atoms with Crippen LogP contribution in [-0.4, -0.2) is 39.6 Å². The summed E-state index contributed by atoms with van der Waals surface area (Å²) in [6.45, 7) is 1.80. The van der Waals surface area contributed by atoms with E-state index in [4.69, 9.17) is 5.73 Å². The van der Waals surface area contributed by atoms with Crippen molar-refractivity contribution in [1.29, 1.82) is 0 Å². The van der Waals surface area contributed by atoms with Crippen LogP contribution in [0.15, 0.2) is 47.6 Å². The van der Waals surface area contributed by atoms with Gasteiger partial charge >= 0.3 is 0 Å². The summed E-state index contributed by atoms with van der Waals surface area (Å²) in [6.07, 6.45) is 1.17. The van der Waals surface area contributed by atoms with E-state index in [1.165, 1.54) is 17.0 Å². The van der Waals surface area contributed by atoms with E-state index in [2.05, 4.69) is 15.3 Å². The number of hydrogen-bond acceptors (Lipinski definition) is 7. The summed E-state index contributed by atoms with van der Waals surface area (Å²) < 4.78 is 0. The quantitative estimate of drug-likeness (QED) is 0.607. The molecular weight excluding hydrogens is 364 g/mol. The third-order valence-electron chi connectivity index (χ3n) is 4.51. The number of nitro groups is 1. The molecule has 0 bridgehead atoms. The van der Waals surface area contributed by atoms with E-state index in [9.17, 15) is 19.7 Å². The average molecular weight is 382 g/mol. The van der Waals surface area contributed by atoms with Crippen LogP contribution in [0.3, 0.4) is 0 Å². The molecule has 1 aromatic carbocycles. The monoisotopic (exact) mass is 382 g/mol. The molecule has 0 aliphatic carbocycles. The Balaban J connectivity index is 1.83. The van der Waals surface area contributed by atoms with Crippen molar-refractivity contribution >= 4 is 29.1 Å². The van der Waals surface area contributed by atoms with Crippen molar-refractivity contribution in [2.45, 2.75) is 18.9 Å². The van der Waals surface area contributed by atoms with Crippen LogP contribution in [0.1, 0.15) is 29.4 Å². The average Bonchev–Trinajstić information content (AvgIpc) is 2.66. The van der Waals surface area contributed by atoms with Gasteiger partial charge in [0.25, 0.3) is 11.6 Å². The van der Waals surface area contributed by atoms with Crippen LogP contribution < -0.4 is 11.1 Å².